The molecular formula is C17H18ClFN4O3S2. The first-order valence-corrected chi connectivity index (χ1v) is 11.4. The Hall–Kier alpha value is -1.91. The SMILES string of the molecule is CC1(S(=O)(=O)Nc2nc3c(s2)CN(C(=O)Nc2ccc(F)c(Cl)c2)CC3)CC1. The van der Waals surface area contributed by atoms with E-state index in [4.69, 9.17) is 11.6 Å². The fourth-order valence-electron chi connectivity index (χ4n) is 2.87. The lowest BCUT2D eigenvalue weighted by molar-refractivity contribution is 0.207. The number of urea groups is 1. The van der Waals surface area contributed by atoms with Gasteiger partial charge in [0.1, 0.15) is 5.82 Å². The molecule has 2 heterocycles. The molecule has 150 valence electrons. The zero-order valence-corrected chi connectivity index (χ0v) is 17.3. The van der Waals surface area contributed by atoms with Gasteiger partial charge in [-0.3, -0.25) is 4.72 Å². The molecule has 1 fully saturated rings. The third-order valence-corrected chi connectivity index (χ3v) is 8.60. The number of sulfonamides is 1. The van der Waals surface area contributed by atoms with E-state index in [0.717, 1.165) is 10.6 Å². The Morgan fingerprint density at radius 1 is 1.39 bits per heavy atom. The second-order valence-corrected chi connectivity index (χ2v) is 10.9. The molecule has 0 radical (unpaired) electrons. The second kappa shape index (κ2) is 6.85. The average Bonchev–Trinajstić information content (AvgIpc) is 3.27. The molecule has 0 spiro atoms. The van der Waals surface area contributed by atoms with Crippen LogP contribution in [0.2, 0.25) is 5.02 Å². The minimum absolute atomic E-state index is 0.0672. The molecule has 28 heavy (non-hydrogen) atoms. The fraction of sp³-hybridized carbons (Fsp3) is 0.412. The highest BCUT2D eigenvalue weighted by molar-refractivity contribution is 7.94. The number of hydrogen-bond acceptors (Lipinski definition) is 5. The fourth-order valence-corrected chi connectivity index (χ4v) is 5.58. The number of fused-ring (bicyclic) bond motifs is 1. The summed E-state index contributed by atoms with van der Waals surface area (Å²) in [6, 6.07) is 3.64. The summed E-state index contributed by atoms with van der Waals surface area (Å²) in [6.07, 6.45) is 1.83. The van der Waals surface area contributed by atoms with Crippen LogP contribution in [0.4, 0.5) is 20.0 Å². The van der Waals surface area contributed by atoms with E-state index in [1.165, 1.54) is 29.5 Å². The largest absolute Gasteiger partial charge is 0.322 e. The Labute approximate surface area is 171 Å². The summed E-state index contributed by atoms with van der Waals surface area (Å²) in [4.78, 5) is 19.3. The molecule has 2 amide bonds. The molecule has 0 atom stereocenters. The van der Waals surface area contributed by atoms with Crippen LogP contribution in [0.1, 0.15) is 30.3 Å². The lowest BCUT2D eigenvalue weighted by Crippen LogP contribution is -2.38. The van der Waals surface area contributed by atoms with E-state index in [-0.39, 0.29) is 11.1 Å². The summed E-state index contributed by atoms with van der Waals surface area (Å²) >= 11 is 6.98. The minimum atomic E-state index is -3.46. The number of benzene rings is 1. The standard InChI is InChI=1S/C17H18ClFN4O3S2/c1-17(5-6-17)28(25,26)22-15-21-13-4-7-23(9-14(13)27-15)16(24)20-10-2-3-12(19)11(18)8-10/h2-3,8H,4-7,9H2,1H3,(H,20,24)(H,21,22). The molecule has 0 bridgehead atoms. The predicted octanol–water partition coefficient (Wildman–Crippen LogP) is 3.82. The first kappa shape index (κ1) is 19.4. The molecule has 1 aromatic carbocycles. The summed E-state index contributed by atoms with van der Waals surface area (Å²) in [5.41, 5.74) is 1.20. The number of anilines is 2. The molecule has 11 heteroatoms. The van der Waals surface area contributed by atoms with Gasteiger partial charge in [-0.25, -0.2) is 22.6 Å². The summed E-state index contributed by atoms with van der Waals surface area (Å²) in [5.74, 6) is -0.554. The molecule has 1 aromatic heterocycles. The Morgan fingerprint density at radius 2 is 2.14 bits per heavy atom. The van der Waals surface area contributed by atoms with Crippen molar-refractivity contribution in [3.8, 4) is 0 Å². The number of carbonyl (C=O) groups is 1. The Morgan fingerprint density at radius 3 is 2.82 bits per heavy atom. The van der Waals surface area contributed by atoms with E-state index in [9.17, 15) is 17.6 Å². The van der Waals surface area contributed by atoms with Crippen molar-refractivity contribution in [3.05, 3.63) is 39.6 Å². The number of nitrogens with one attached hydrogen (secondary N) is 2. The van der Waals surface area contributed by atoms with Crippen LogP contribution in [-0.4, -0.2) is 35.6 Å². The number of amides is 2. The summed E-state index contributed by atoms with van der Waals surface area (Å²) in [7, 11) is -3.46. The van der Waals surface area contributed by atoms with E-state index >= 15 is 0 Å². The van der Waals surface area contributed by atoms with Gasteiger partial charge in [-0.15, -0.1) is 0 Å². The van der Waals surface area contributed by atoms with Crippen molar-refractivity contribution in [3.63, 3.8) is 0 Å². The van der Waals surface area contributed by atoms with Crippen LogP contribution in [-0.2, 0) is 23.0 Å². The van der Waals surface area contributed by atoms with Crippen molar-refractivity contribution in [2.24, 2.45) is 0 Å². The molecule has 2 N–H and O–H groups in total. The van der Waals surface area contributed by atoms with Gasteiger partial charge < -0.3 is 10.2 Å². The third-order valence-electron chi connectivity index (χ3n) is 5.01. The molecule has 0 unspecified atom stereocenters. The maximum Gasteiger partial charge on any atom is 0.322 e. The van der Waals surface area contributed by atoms with Crippen LogP contribution in [0.25, 0.3) is 0 Å². The Balaban J connectivity index is 1.43. The van der Waals surface area contributed by atoms with Crippen molar-refractivity contribution < 1.29 is 17.6 Å². The summed E-state index contributed by atoms with van der Waals surface area (Å²) in [5, 5.41) is 2.96. The van der Waals surface area contributed by atoms with Gasteiger partial charge in [-0.2, -0.15) is 0 Å². The number of hydrogen-bond donors (Lipinski definition) is 2. The third kappa shape index (κ3) is 3.68. The molecule has 1 aliphatic heterocycles. The van der Waals surface area contributed by atoms with Gasteiger partial charge in [0.25, 0.3) is 0 Å². The van der Waals surface area contributed by atoms with Crippen LogP contribution in [0, 0.1) is 5.82 Å². The van der Waals surface area contributed by atoms with Gasteiger partial charge in [0.2, 0.25) is 10.0 Å². The highest BCUT2D eigenvalue weighted by Crippen LogP contribution is 2.44. The van der Waals surface area contributed by atoms with E-state index in [1.54, 1.807) is 11.8 Å². The van der Waals surface area contributed by atoms with Crippen molar-refractivity contribution in [1.29, 1.82) is 0 Å². The molecule has 2 aliphatic rings. The number of rotatable bonds is 4. The van der Waals surface area contributed by atoms with E-state index in [1.807, 2.05) is 0 Å². The van der Waals surface area contributed by atoms with E-state index in [0.29, 0.717) is 43.2 Å². The van der Waals surface area contributed by atoms with Crippen molar-refractivity contribution in [1.82, 2.24) is 9.88 Å². The first-order chi connectivity index (χ1) is 13.2. The quantitative estimate of drug-likeness (QED) is 0.749. The number of aromatic nitrogens is 1. The van der Waals surface area contributed by atoms with Gasteiger partial charge >= 0.3 is 6.03 Å². The van der Waals surface area contributed by atoms with Crippen molar-refractivity contribution in [2.45, 2.75) is 37.5 Å². The van der Waals surface area contributed by atoms with Crippen LogP contribution < -0.4 is 10.0 Å². The van der Waals surface area contributed by atoms with Crippen molar-refractivity contribution >= 4 is 49.8 Å². The Kier molecular flexibility index (Phi) is 4.75. The number of halogens is 2. The summed E-state index contributed by atoms with van der Waals surface area (Å²) in [6.45, 7) is 2.49. The maximum atomic E-state index is 13.2. The van der Waals surface area contributed by atoms with Gasteiger partial charge in [0, 0.05) is 23.5 Å². The summed E-state index contributed by atoms with van der Waals surface area (Å²) < 4.78 is 39.9. The van der Waals surface area contributed by atoms with E-state index < -0.39 is 20.6 Å². The molecule has 7 nitrogen and oxygen atoms in total. The monoisotopic (exact) mass is 444 g/mol. The second-order valence-electron chi connectivity index (χ2n) is 7.17. The lowest BCUT2D eigenvalue weighted by atomic mass is 10.2. The molecule has 0 saturated heterocycles. The smallest absolute Gasteiger partial charge is 0.319 e. The highest BCUT2D eigenvalue weighted by atomic mass is 35.5. The number of thiazole rings is 1. The van der Waals surface area contributed by atoms with Crippen molar-refractivity contribution in [2.75, 3.05) is 16.6 Å². The molecule has 4 rings (SSSR count). The zero-order chi connectivity index (χ0) is 20.1. The topological polar surface area (TPSA) is 91.4 Å². The molecular weight excluding hydrogens is 427 g/mol. The number of carbonyl (C=O) groups excluding carboxylic acids is 1. The van der Waals surface area contributed by atoms with Crippen LogP contribution in [0.3, 0.4) is 0 Å². The lowest BCUT2D eigenvalue weighted by Gasteiger charge is -2.26. The van der Waals surface area contributed by atoms with Gasteiger partial charge in [-0.05, 0) is 38.0 Å². The van der Waals surface area contributed by atoms with Gasteiger partial charge in [-0.1, -0.05) is 22.9 Å². The molecule has 1 aliphatic carbocycles. The van der Waals surface area contributed by atoms with Crippen LogP contribution in [0.15, 0.2) is 18.2 Å². The average molecular weight is 445 g/mol. The first-order valence-electron chi connectivity index (χ1n) is 8.69. The zero-order valence-electron chi connectivity index (χ0n) is 15.0. The van der Waals surface area contributed by atoms with E-state index in [2.05, 4.69) is 15.0 Å². The normalized spacial score (nSPS) is 17.8. The Bertz CT molecular complexity index is 1050. The number of nitrogens with zero attached hydrogens (tertiary/aromatic N) is 2. The maximum absolute atomic E-state index is 13.2. The van der Waals surface area contributed by atoms with Gasteiger partial charge in [0.05, 0.1) is 22.0 Å². The molecule has 2 aromatic rings. The predicted molar refractivity (Wildman–Crippen MR) is 107 cm³/mol. The van der Waals surface area contributed by atoms with Crippen LogP contribution >= 0.6 is 22.9 Å². The highest BCUT2D eigenvalue weighted by Gasteiger charge is 2.50. The minimum Gasteiger partial charge on any atom is -0.319 e. The van der Waals surface area contributed by atoms with Crippen LogP contribution in [0.5, 0.6) is 0 Å². The van der Waals surface area contributed by atoms with Gasteiger partial charge in [0.15, 0.2) is 5.13 Å². The molecule has 1 saturated carbocycles.